The molecule has 2 aromatic carbocycles. The fraction of sp³-hybridized carbons (Fsp3) is 0.483. The Balaban J connectivity index is 1.78. The van der Waals surface area contributed by atoms with Crippen LogP contribution in [0.2, 0.25) is 5.04 Å². The Labute approximate surface area is 249 Å². The van der Waals surface area contributed by atoms with Gasteiger partial charge in [0.05, 0.1) is 40.8 Å². The summed E-state index contributed by atoms with van der Waals surface area (Å²) in [6.07, 6.45) is 3.85. The van der Waals surface area contributed by atoms with E-state index in [0.29, 0.717) is 25.9 Å². The number of alkyl halides is 3. The lowest BCUT2D eigenvalue weighted by molar-refractivity contribution is -0.135. The molecule has 3 rings (SSSR count). The molecule has 1 aliphatic rings. The van der Waals surface area contributed by atoms with Crippen LogP contribution in [0.4, 0.5) is 0 Å². The van der Waals surface area contributed by atoms with E-state index in [0.717, 1.165) is 0 Å². The molecule has 0 spiro atoms. The highest BCUT2D eigenvalue weighted by Crippen LogP contribution is 2.38. The van der Waals surface area contributed by atoms with E-state index in [-0.39, 0.29) is 32.5 Å². The molecule has 38 heavy (non-hydrogen) atoms. The zero-order valence-corrected chi connectivity index (χ0v) is 27.2. The van der Waals surface area contributed by atoms with Crippen molar-refractivity contribution < 1.29 is 23.4 Å². The summed E-state index contributed by atoms with van der Waals surface area (Å²) in [4.78, 5) is 11.4. The van der Waals surface area contributed by atoms with Crippen molar-refractivity contribution in [1.29, 1.82) is 0 Å². The lowest BCUT2D eigenvalue weighted by Crippen LogP contribution is -2.66. The molecular formula is C29H37Br2ClO5Si. The van der Waals surface area contributed by atoms with Gasteiger partial charge in [0.15, 0.2) is 0 Å². The fourth-order valence-electron chi connectivity index (χ4n) is 5.05. The molecule has 1 aliphatic heterocycles. The van der Waals surface area contributed by atoms with Crippen molar-refractivity contribution in [3.63, 3.8) is 0 Å². The minimum Gasteiger partial charge on any atom is -0.495 e. The smallest absolute Gasteiger partial charge is 0.333 e. The van der Waals surface area contributed by atoms with Crippen LogP contribution >= 0.6 is 43.5 Å². The van der Waals surface area contributed by atoms with Crippen LogP contribution in [0.5, 0.6) is 0 Å². The van der Waals surface area contributed by atoms with Gasteiger partial charge in [-0.15, -0.1) is 11.6 Å². The van der Waals surface area contributed by atoms with Crippen molar-refractivity contribution in [3.05, 3.63) is 73.0 Å². The van der Waals surface area contributed by atoms with Crippen LogP contribution in [0.3, 0.4) is 0 Å². The molecule has 0 bridgehead atoms. The first-order valence-corrected chi connectivity index (χ1v) is 17.0. The van der Waals surface area contributed by atoms with Gasteiger partial charge in [-0.3, -0.25) is 0 Å². The third-order valence-electron chi connectivity index (χ3n) is 6.83. The summed E-state index contributed by atoms with van der Waals surface area (Å²) in [5.74, 6) is -0.474. The van der Waals surface area contributed by atoms with Crippen molar-refractivity contribution in [2.45, 2.75) is 72.5 Å². The van der Waals surface area contributed by atoms with E-state index in [9.17, 15) is 4.79 Å². The highest BCUT2D eigenvalue weighted by Gasteiger charge is 2.50. The molecule has 0 unspecified atom stereocenters. The molecule has 0 aliphatic carbocycles. The summed E-state index contributed by atoms with van der Waals surface area (Å²) in [5, 5.41) is 2.14. The minimum atomic E-state index is -2.64. The van der Waals surface area contributed by atoms with Crippen molar-refractivity contribution in [3.8, 4) is 0 Å². The van der Waals surface area contributed by atoms with Gasteiger partial charge in [-0.2, -0.15) is 0 Å². The van der Waals surface area contributed by atoms with Crippen molar-refractivity contribution in [2.75, 3.05) is 13.7 Å². The average Bonchev–Trinajstić information content (AvgIpc) is 2.88. The Morgan fingerprint density at radius 2 is 1.66 bits per heavy atom. The molecule has 4 atom stereocenters. The van der Waals surface area contributed by atoms with E-state index in [1.165, 1.54) is 29.8 Å². The summed E-state index contributed by atoms with van der Waals surface area (Å²) < 4.78 is 24.1. The monoisotopic (exact) mass is 686 g/mol. The largest absolute Gasteiger partial charge is 0.495 e. The second kappa shape index (κ2) is 14.5. The lowest BCUT2D eigenvalue weighted by Gasteiger charge is -2.44. The van der Waals surface area contributed by atoms with E-state index in [1.54, 1.807) is 0 Å². The lowest BCUT2D eigenvalue weighted by atomic mass is 9.97. The van der Waals surface area contributed by atoms with E-state index >= 15 is 0 Å². The number of methoxy groups -OCH3 is 1. The number of halogens is 3. The Kier molecular flexibility index (Phi) is 11.9. The maximum atomic E-state index is 11.4. The van der Waals surface area contributed by atoms with Gasteiger partial charge in [0, 0.05) is 13.0 Å². The van der Waals surface area contributed by atoms with Gasteiger partial charge in [-0.1, -0.05) is 113 Å². The standard InChI is InChI=1S/C29H37Br2ClO5Si/c1-29(2,3)38(21-11-7-5-8-12-21,22-13-9-6-10-14-22)36-18-15-24-23(32)19-25(26(37-24)20-27(30)31)35-17-16-28(33)34-4/h5-14,16-17,23-27H,15,18-20H2,1-4H3/b17-16+/t23-,24-,25+,26+/m0/s1. The van der Waals surface area contributed by atoms with Crippen LogP contribution in [0, 0.1) is 0 Å². The second-order valence-electron chi connectivity index (χ2n) is 10.4. The van der Waals surface area contributed by atoms with E-state index in [1.807, 2.05) is 12.1 Å². The summed E-state index contributed by atoms with van der Waals surface area (Å²) in [5.41, 5.74) is 0. The summed E-state index contributed by atoms with van der Waals surface area (Å²) in [7, 11) is -1.31. The number of benzene rings is 2. The molecule has 0 amide bonds. The molecule has 208 valence electrons. The molecule has 1 heterocycles. The number of esters is 1. The molecule has 5 nitrogen and oxygen atoms in total. The number of carbonyl (C=O) groups excluding carboxylic acids is 1. The maximum absolute atomic E-state index is 11.4. The third kappa shape index (κ3) is 7.95. The molecular weight excluding hydrogens is 652 g/mol. The van der Waals surface area contributed by atoms with E-state index in [4.69, 9.17) is 25.5 Å². The number of rotatable bonds is 11. The first-order chi connectivity index (χ1) is 18.1. The number of carbonyl (C=O) groups is 1. The van der Waals surface area contributed by atoms with Crippen molar-refractivity contribution >= 4 is 68.1 Å². The Hall–Kier alpha value is -1.16. The molecule has 0 aromatic heterocycles. The predicted molar refractivity (Wildman–Crippen MR) is 163 cm³/mol. The normalized spacial score (nSPS) is 22.5. The SMILES string of the molecule is COC(=O)/C=C/O[C@@H]1C[C@H](Cl)[C@H](CCO[Si](c2ccccc2)(c2ccccc2)C(C)(C)C)O[C@@H]1CC(Br)Br. The van der Waals surface area contributed by atoms with Crippen LogP contribution in [-0.4, -0.2) is 55.4 Å². The van der Waals surface area contributed by atoms with E-state index in [2.05, 4.69) is 106 Å². The fourth-order valence-corrected chi connectivity index (χ4v) is 10.7. The van der Waals surface area contributed by atoms with Crippen molar-refractivity contribution in [2.24, 2.45) is 0 Å². The average molecular weight is 689 g/mol. The minimum absolute atomic E-state index is 0.0524. The number of ether oxygens (including phenoxy) is 3. The molecule has 2 aromatic rings. The zero-order valence-electron chi connectivity index (χ0n) is 22.3. The maximum Gasteiger partial charge on any atom is 0.333 e. The summed E-state index contributed by atoms with van der Waals surface area (Å²) in [6, 6.07) is 21.2. The predicted octanol–water partition coefficient (Wildman–Crippen LogP) is 6.30. The van der Waals surface area contributed by atoms with Crippen LogP contribution in [0.15, 0.2) is 73.0 Å². The van der Waals surface area contributed by atoms with Gasteiger partial charge in [0.2, 0.25) is 0 Å². The molecule has 0 N–H and O–H groups in total. The molecule has 0 radical (unpaired) electrons. The topological polar surface area (TPSA) is 54.0 Å². The van der Waals surface area contributed by atoms with Gasteiger partial charge < -0.3 is 18.6 Å². The Bertz CT molecular complexity index is 993. The molecule has 1 saturated heterocycles. The van der Waals surface area contributed by atoms with Gasteiger partial charge in [0.25, 0.3) is 8.32 Å². The van der Waals surface area contributed by atoms with Gasteiger partial charge >= 0.3 is 5.97 Å². The van der Waals surface area contributed by atoms with Crippen LogP contribution in [-0.2, 0) is 23.4 Å². The summed E-state index contributed by atoms with van der Waals surface area (Å²) >= 11 is 14.0. The highest BCUT2D eigenvalue weighted by atomic mass is 79.9. The van der Waals surface area contributed by atoms with Gasteiger partial charge in [0.1, 0.15) is 6.10 Å². The first kappa shape index (κ1) is 31.4. The highest BCUT2D eigenvalue weighted by molar-refractivity contribution is 9.24. The second-order valence-corrected chi connectivity index (χ2v) is 18.7. The molecule has 9 heteroatoms. The van der Waals surface area contributed by atoms with Crippen molar-refractivity contribution in [1.82, 2.24) is 0 Å². The zero-order chi connectivity index (χ0) is 27.8. The molecule has 1 fully saturated rings. The Morgan fingerprint density at radius 1 is 1.08 bits per heavy atom. The van der Waals surface area contributed by atoms with Crippen LogP contribution in [0.1, 0.15) is 40.0 Å². The van der Waals surface area contributed by atoms with E-state index < -0.39 is 14.3 Å². The third-order valence-corrected chi connectivity index (χ3v) is 13.1. The van der Waals surface area contributed by atoms with Crippen LogP contribution < -0.4 is 10.4 Å². The molecule has 0 saturated carbocycles. The summed E-state index contributed by atoms with van der Waals surface area (Å²) in [6.45, 7) is 7.33. The Morgan fingerprint density at radius 3 is 2.16 bits per heavy atom. The first-order valence-electron chi connectivity index (χ1n) is 12.8. The van der Waals surface area contributed by atoms with Gasteiger partial charge in [-0.05, 0) is 28.3 Å². The quantitative estimate of drug-likeness (QED) is 0.0913. The number of hydrogen-bond acceptors (Lipinski definition) is 5. The van der Waals surface area contributed by atoms with Gasteiger partial charge in [-0.25, -0.2) is 4.79 Å². The number of hydrogen-bond donors (Lipinski definition) is 0. The van der Waals surface area contributed by atoms with Crippen LogP contribution in [0.25, 0.3) is 0 Å².